The number of hydrogen-bond donors (Lipinski definition) is 1. The summed E-state index contributed by atoms with van der Waals surface area (Å²) in [7, 11) is 6.06. The molecule has 0 saturated heterocycles. The van der Waals surface area contributed by atoms with Crippen LogP contribution in [0.3, 0.4) is 0 Å². The van der Waals surface area contributed by atoms with E-state index in [1.807, 2.05) is 25.2 Å². The zero-order valence-electron chi connectivity index (χ0n) is 18.3. The van der Waals surface area contributed by atoms with Gasteiger partial charge < -0.3 is 15.1 Å². The van der Waals surface area contributed by atoms with Gasteiger partial charge >= 0.3 is 0 Å². The van der Waals surface area contributed by atoms with Crippen LogP contribution in [-0.2, 0) is 25.9 Å². The first-order valence-electron chi connectivity index (χ1n) is 10.8. The first kappa shape index (κ1) is 21.5. The number of aryl methyl sites for hydroxylation is 1. The lowest BCUT2D eigenvalue weighted by Crippen LogP contribution is -2.39. The van der Waals surface area contributed by atoms with Crippen molar-refractivity contribution in [3.8, 4) is 0 Å². The molecule has 29 heavy (non-hydrogen) atoms. The van der Waals surface area contributed by atoms with Crippen LogP contribution in [0.2, 0.25) is 0 Å². The topological polar surface area (TPSA) is 53.4 Å². The fraction of sp³-hybridized carbons (Fsp3) is 0.565. The molecular formula is C23H35N5O. The van der Waals surface area contributed by atoms with Crippen LogP contribution in [0.25, 0.3) is 0 Å². The number of amides is 1. The molecule has 1 N–H and O–H groups in total. The summed E-state index contributed by atoms with van der Waals surface area (Å²) in [4.78, 5) is 17.2. The van der Waals surface area contributed by atoms with E-state index in [4.69, 9.17) is 5.10 Å². The minimum Gasteiger partial charge on any atom is -0.336 e. The Labute approximate surface area is 174 Å². The van der Waals surface area contributed by atoms with Gasteiger partial charge in [0.15, 0.2) is 5.69 Å². The molecule has 0 radical (unpaired) electrons. The Morgan fingerprint density at radius 3 is 2.69 bits per heavy atom. The molecule has 0 fully saturated rings. The van der Waals surface area contributed by atoms with Gasteiger partial charge in [0.2, 0.25) is 0 Å². The molecular weight excluding hydrogens is 362 g/mol. The van der Waals surface area contributed by atoms with Crippen LogP contribution in [0.5, 0.6) is 0 Å². The van der Waals surface area contributed by atoms with Crippen molar-refractivity contribution in [1.29, 1.82) is 0 Å². The summed E-state index contributed by atoms with van der Waals surface area (Å²) in [5.41, 5.74) is 4.19. The lowest BCUT2D eigenvalue weighted by Gasteiger charge is -2.25. The van der Waals surface area contributed by atoms with Crippen LogP contribution >= 0.6 is 0 Å². The maximum atomic E-state index is 13.3. The molecule has 2 aromatic rings. The van der Waals surface area contributed by atoms with Gasteiger partial charge in [-0.3, -0.25) is 9.48 Å². The van der Waals surface area contributed by atoms with Gasteiger partial charge in [0, 0.05) is 50.5 Å². The molecule has 0 aliphatic heterocycles. The van der Waals surface area contributed by atoms with E-state index in [0.717, 1.165) is 56.4 Å². The summed E-state index contributed by atoms with van der Waals surface area (Å²) in [6.45, 7) is 5.61. The van der Waals surface area contributed by atoms with Crippen LogP contribution in [0.15, 0.2) is 30.3 Å². The van der Waals surface area contributed by atoms with Crippen LogP contribution in [0, 0.1) is 0 Å². The van der Waals surface area contributed by atoms with Crippen LogP contribution in [0.1, 0.15) is 47.1 Å². The fourth-order valence-electron chi connectivity index (χ4n) is 4.03. The quantitative estimate of drug-likeness (QED) is 0.707. The van der Waals surface area contributed by atoms with Crippen molar-refractivity contribution in [1.82, 2.24) is 24.9 Å². The number of carbonyl (C=O) groups is 1. The molecule has 1 unspecified atom stereocenters. The smallest absolute Gasteiger partial charge is 0.274 e. The molecule has 1 aliphatic rings. The second-order valence-electron chi connectivity index (χ2n) is 8.34. The van der Waals surface area contributed by atoms with Gasteiger partial charge in [-0.1, -0.05) is 37.3 Å². The second kappa shape index (κ2) is 10.0. The number of rotatable bonds is 9. The molecule has 158 valence electrons. The van der Waals surface area contributed by atoms with Gasteiger partial charge in [-0.05, 0) is 45.3 Å². The van der Waals surface area contributed by atoms with Gasteiger partial charge in [-0.15, -0.1) is 0 Å². The number of likely N-dealkylation sites (N-methyl/N-ethyl adjacent to an activating group) is 1. The number of nitrogens with zero attached hydrogens (tertiary/aromatic N) is 4. The van der Waals surface area contributed by atoms with Crippen LogP contribution < -0.4 is 5.32 Å². The minimum absolute atomic E-state index is 0.0221. The van der Waals surface area contributed by atoms with E-state index in [-0.39, 0.29) is 5.91 Å². The normalized spacial score (nSPS) is 16.1. The predicted octanol–water partition coefficient (Wildman–Crippen LogP) is 2.57. The number of hydrogen-bond acceptors (Lipinski definition) is 4. The van der Waals surface area contributed by atoms with E-state index in [9.17, 15) is 4.79 Å². The number of carbonyl (C=O) groups excluding carboxylic acids is 1. The standard InChI is InChI=1S/C23H35N5O/c1-5-14-28-21-12-11-19(24-13-15-26(2)3)16-20(21)22(25-28)23(29)27(4)17-18-9-7-6-8-10-18/h6-10,19,24H,5,11-17H2,1-4H3. The van der Waals surface area contributed by atoms with Crippen molar-refractivity contribution in [3.05, 3.63) is 52.8 Å². The average Bonchev–Trinajstić information content (AvgIpc) is 3.06. The molecule has 1 aromatic carbocycles. The molecule has 6 heteroatoms. The third-order valence-electron chi connectivity index (χ3n) is 5.59. The van der Waals surface area contributed by atoms with Crippen molar-refractivity contribution in [2.45, 2.75) is 51.7 Å². The molecule has 0 saturated carbocycles. The van der Waals surface area contributed by atoms with Gasteiger partial charge in [0.05, 0.1) is 0 Å². The minimum atomic E-state index is 0.0221. The second-order valence-corrected chi connectivity index (χ2v) is 8.34. The lowest BCUT2D eigenvalue weighted by molar-refractivity contribution is 0.0777. The third kappa shape index (κ3) is 5.46. The molecule has 0 spiro atoms. The zero-order chi connectivity index (χ0) is 20.8. The molecule has 3 rings (SSSR count). The molecule has 1 amide bonds. The van der Waals surface area contributed by atoms with Crippen molar-refractivity contribution in [2.75, 3.05) is 34.2 Å². The first-order valence-corrected chi connectivity index (χ1v) is 10.8. The molecule has 1 aromatic heterocycles. The molecule has 1 aliphatic carbocycles. The molecule has 1 atom stereocenters. The van der Waals surface area contributed by atoms with E-state index < -0.39 is 0 Å². The number of benzene rings is 1. The SMILES string of the molecule is CCCn1nc(C(=O)N(C)Cc2ccccc2)c2c1CCC(NCCN(C)C)C2. The average molecular weight is 398 g/mol. The van der Waals surface area contributed by atoms with Crippen LogP contribution in [-0.4, -0.2) is 65.8 Å². The molecule has 6 nitrogen and oxygen atoms in total. The highest BCUT2D eigenvalue weighted by molar-refractivity contribution is 5.94. The monoisotopic (exact) mass is 397 g/mol. The molecule has 1 heterocycles. The van der Waals surface area contributed by atoms with Gasteiger partial charge in [-0.2, -0.15) is 5.10 Å². The van der Waals surface area contributed by atoms with Crippen LogP contribution in [0.4, 0.5) is 0 Å². The number of nitrogens with one attached hydrogen (secondary N) is 1. The summed E-state index contributed by atoms with van der Waals surface area (Å²) in [6, 6.07) is 10.5. The highest BCUT2D eigenvalue weighted by Gasteiger charge is 2.30. The summed E-state index contributed by atoms with van der Waals surface area (Å²) >= 11 is 0. The maximum Gasteiger partial charge on any atom is 0.274 e. The lowest BCUT2D eigenvalue weighted by atomic mass is 9.91. The zero-order valence-corrected chi connectivity index (χ0v) is 18.3. The van der Waals surface area contributed by atoms with E-state index in [2.05, 4.69) is 48.1 Å². The summed E-state index contributed by atoms with van der Waals surface area (Å²) in [5, 5.41) is 8.44. The Bertz CT molecular complexity index is 799. The van der Waals surface area contributed by atoms with Gasteiger partial charge in [0.25, 0.3) is 5.91 Å². The van der Waals surface area contributed by atoms with E-state index in [1.54, 1.807) is 4.90 Å². The first-order chi connectivity index (χ1) is 14.0. The van der Waals surface area contributed by atoms with Crippen molar-refractivity contribution >= 4 is 5.91 Å². The summed E-state index contributed by atoms with van der Waals surface area (Å²) < 4.78 is 2.08. The summed E-state index contributed by atoms with van der Waals surface area (Å²) in [5.74, 6) is 0.0221. The number of aromatic nitrogens is 2. The van der Waals surface area contributed by atoms with Crippen molar-refractivity contribution in [2.24, 2.45) is 0 Å². The van der Waals surface area contributed by atoms with E-state index >= 15 is 0 Å². The van der Waals surface area contributed by atoms with Gasteiger partial charge in [0.1, 0.15) is 0 Å². The highest BCUT2D eigenvalue weighted by atomic mass is 16.2. The molecule has 0 bridgehead atoms. The Hall–Kier alpha value is -2.18. The highest BCUT2D eigenvalue weighted by Crippen LogP contribution is 2.26. The number of fused-ring (bicyclic) bond motifs is 1. The maximum absolute atomic E-state index is 13.3. The van der Waals surface area contributed by atoms with Crippen molar-refractivity contribution in [3.63, 3.8) is 0 Å². The third-order valence-corrected chi connectivity index (χ3v) is 5.59. The van der Waals surface area contributed by atoms with Crippen molar-refractivity contribution < 1.29 is 4.79 Å². The Balaban J connectivity index is 1.77. The Morgan fingerprint density at radius 2 is 2.00 bits per heavy atom. The predicted molar refractivity (Wildman–Crippen MR) is 117 cm³/mol. The Morgan fingerprint density at radius 1 is 1.24 bits per heavy atom. The van der Waals surface area contributed by atoms with E-state index in [0.29, 0.717) is 18.3 Å². The van der Waals surface area contributed by atoms with Gasteiger partial charge in [-0.25, -0.2) is 0 Å². The fourth-order valence-corrected chi connectivity index (χ4v) is 4.03. The van der Waals surface area contributed by atoms with E-state index in [1.165, 1.54) is 5.69 Å². The Kier molecular flexibility index (Phi) is 7.45. The summed E-state index contributed by atoms with van der Waals surface area (Å²) in [6.07, 6.45) is 3.99. The largest absolute Gasteiger partial charge is 0.336 e.